The highest BCUT2D eigenvalue weighted by atomic mass is 32.2. The molecule has 1 saturated heterocycles. The Morgan fingerprint density at radius 1 is 1.33 bits per heavy atom. The van der Waals surface area contributed by atoms with Crippen molar-refractivity contribution < 1.29 is 19.1 Å². The summed E-state index contributed by atoms with van der Waals surface area (Å²) in [4.78, 5) is 27.7. The number of carbonyl (C=O) groups excluding carboxylic acids is 2. The molecule has 6 nitrogen and oxygen atoms in total. The second-order valence-electron chi connectivity index (χ2n) is 5.80. The summed E-state index contributed by atoms with van der Waals surface area (Å²) in [6.07, 6.45) is 3.40. The van der Waals surface area contributed by atoms with Crippen molar-refractivity contribution in [3.05, 3.63) is 41.3 Å². The molecule has 1 aromatic carbocycles. The molecular weight excluding hydrogens is 384 g/mol. The molecule has 1 aliphatic rings. The molecule has 27 heavy (non-hydrogen) atoms. The van der Waals surface area contributed by atoms with Gasteiger partial charge in [0.1, 0.15) is 4.32 Å². The molecule has 1 heterocycles. The summed E-state index contributed by atoms with van der Waals surface area (Å²) < 4.78 is 11.7. The summed E-state index contributed by atoms with van der Waals surface area (Å²) in [5, 5.41) is 0. The average molecular weight is 407 g/mol. The number of amides is 2. The molecule has 0 atom stereocenters. The van der Waals surface area contributed by atoms with E-state index in [2.05, 4.69) is 6.58 Å². The van der Waals surface area contributed by atoms with E-state index in [1.807, 2.05) is 6.92 Å². The van der Waals surface area contributed by atoms with E-state index in [1.54, 1.807) is 44.4 Å². The lowest BCUT2D eigenvalue weighted by molar-refractivity contribution is -0.130. The number of ether oxygens (including phenoxy) is 2. The highest BCUT2D eigenvalue weighted by Gasteiger charge is 2.31. The molecule has 0 aromatic heterocycles. The maximum atomic E-state index is 12.4. The van der Waals surface area contributed by atoms with Crippen LogP contribution in [0, 0.1) is 0 Å². The third kappa shape index (κ3) is 5.33. The SMILES string of the molecule is C=CCN1C(=O)/C(=C/c2ccc(OCC(=O)N(C)C)c(OCC)c2)SC1=S. The van der Waals surface area contributed by atoms with Gasteiger partial charge >= 0.3 is 0 Å². The van der Waals surface area contributed by atoms with Gasteiger partial charge in [-0.1, -0.05) is 36.1 Å². The number of likely N-dealkylation sites (N-methyl/N-ethyl adjacent to an activating group) is 1. The first-order valence-electron chi connectivity index (χ1n) is 8.33. The van der Waals surface area contributed by atoms with Gasteiger partial charge in [0.25, 0.3) is 11.8 Å². The van der Waals surface area contributed by atoms with Crippen LogP contribution in [0.1, 0.15) is 12.5 Å². The number of rotatable bonds is 8. The first-order chi connectivity index (χ1) is 12.9. The smallest absolute Gasteiger partial charge is 0.266 e. The van der Waals surface area contributed by atoms with E-state index in [9.17, 15) is 9.59 Å². The third-order valence-electron chi connectivity index (χ3n) is 3.60. The summed E-state index contributed by atoms with van der Waals surface area (Å²) in [7, 11) is 3.33. The Labute approximate surface area is 168 Å². The monoisotopic (exact) mass is 406 g/mol. The Morgan fingerprint density at radius 3 is 2.70 bits per heavy atom. The van der Waals surface area contributed by atoms with Crippen LogP contribution in [-0.2, 0) is 9.59 Å². The predicted molar refractivity (Wildman–Crippen MR) is 112 cm³/mol. The Morgan fingerprint density at radius 2 is 2.07 bits per heavy atom. The van der Waals surface area contributed by atoms with E-state index in [0.29, 0.717) is 33.9 Å². The zero-order valence-corrected chi connectivity index (χ0v) is 17.2. The van der Waals surface area contributed by atoms with Gasteiger partial charge < -0.3 is 14.4 Å². The van der Waals surface area contributed by atoms with Crippen molar-refractivity contribution in [1.29, 1.82) is 0 Å². The highest BCUT2D eigenvalue weighted by Crippen LogP contribution is 2.34. The van der Waals surface area contributed by atoms with E-state index in [1.165, 1.54) is 21.6 Å². The van der Waals surface area contributed by atoms with E-state index in [4.69, 9.17) is 21.7 Å². The van der Waals surface area contributed by atoms with Crippen LogP contribution in [0.3, 0.4) is 0 Å². The van der Waals surface area contributed by atoms with Crippen molar-refractivity contribution in [1.82, 2.24) is 9.80 Å². The van der Waals surface area contributed by atoms with Crippen LogP contribution in [0.25, 0.3) is 6.08 Å². The first-order valence-corrected chi connectivity index (χ1v) is 9.55. The summed E-state index contributed by atoms with van der Waals surface area (Å²) >= 11 is 6.50. The summed E-state index contributed by atoms with van der Waals surface area (Å²) in [5.41, 5.74) is 0.781. The van der Waals surface area contributed by atoms with E-state index in [0.717, 1.165) is 5.56 Å². The average Bonchev–Trinajstić information content (AvgIpc) is 2.88. The number of hydrogen-bond donors (Lipinski definition) is 0. The van der Waals surface area contributed by atoms with Crippen LogP contribution < -0.4 is 9.47 Å². The van der Waals surface area contributed by atoms with Crippen molar-refractivity contribution in [2.45, 2.75) is 6.92 Å². The van der Waals surface area contributed by atoms with Gasteiger partial charge in [0.15, 0.2) is 18.1 Å². The van der Waals surface area contributed by atoms with E-state index >= 15 is 0 Å². The van der Waals surface area contributed by atoms with Crippen molar-refractivity contribution >= 4 is 46.2 Å². The number of benzene rings is 1. The lowest BCUT2D eigenvalue weighted by Gasteiger charge is -2.14. The molecule has 0 radical (unpaired) electrons. The Hall–Kier alpha value is -2.32. The standard InChI is InChI=1S/C19H22N2O4S2/c1-5-9-21-18(23)16(27-19(21)26)11-13-7-8-14(15(10-13)24-6-2)25-12-17(22)20(3)4/h5,7-8,10-11H,1,6,9,12H2,2-4H3/b16-11-. The van der Waals surface area contributed by atoms with Gasteiger partial charge in [-0.2, -0.15) is 0 Å². The van der Waals surface area contributed by atoms with Crippen LogP contribution >= 0.6 is 24.0 Å². The van der Waals surface area contributed by atoms with Crippen molar-refractivity contribution in [3.8, 4) is 11.5 Å². The fourth-order valence-electron chi connectivity index (χ4n) is 2.21. The predicted octanol–water partition coefficient (Wildman–Crippen LogP) is 2.94. The number of hydrogen-bond acceptors (Lipinski definition) is 6. The van der Waals surface area contributed by atoms with Gasteiger partial charge in [0.2, 0.25) is 0 Å². The molecule has 0 saturated carbocycles. The molecule has 0 aliphatic carbocycles. The lowest BCUT2D eigenvalue weighted by Crippen LogP contribution is -2.27. The quantitative estimate of drug-likeness (QED) is 0.376. The van der Waals surface area contributed by atoms with E-state index in [-0.39, 0.29) is 18.4 Å². The molecule has 0 unspecified atom stereocenters. The second kappa shape index (κ2) is 9.57. The number of carbonyl (C=O) groups is 2. The maximum Gasteiger partial charge on any atom is 0.266 e. The van der Waals surface area contributed by atoms with Crippen LogP contribution in [0.15, 0.2) is 35.8 Å². The molecule has 1 fully saturated rings. The molecule has 1 aromatic rings. The Balaban J connectivity index is 2.22. The summed E-state index contributed by atoms with van der Waals surface area (Å²) in [6, 6.07) is 5.31. The Bertz CT molecular complexity index is 790. The molecular formula is C19H22N2O4S2. The van der Waals surface area contributed by atoms with Crippen molar-refractivity contribution in [3.63, 3.8) is 0 Å². The summed E-state index contributed by atoms with van der Waals surface area (Å²) in [5.74, 6) is 0.704. The topological polar surface area (TPSA) is 59.1 Å². The van der Waals surface area contributed by atoms with Crippen LogP contribution in [-0.4, -0.2) is 59.8 Å². The number of nitrogens with zero attached hydrogens (tertiary/aromatic N) is 2. The molecule has 0 N–H and O–H groups in total. The van der Waals surface area contributed by atoms with Gasteiger partial charge in [-0.25, -0.2) is 0 Å². The van der Waals surface area contributed by atoms with Gasteiger partial charge in [-0.3, -0.25) is 14.5 Å². The van der Waals surface area contributed by atoms with Gasteiger partial charge in [-0.15, -0.1) is 6.58 Å². The van der Waals surface area contributed by atoms with Crippen molar-refractivity contribution in [2.75, 3.05) is 33.9 Å². The van der Waals surface area contributed by atoms with Crippen LogP contribution in [0.4, 0.5) is 0 Å². The number of thiocarbonyl (C=S) groups is 1. The lowest BCUT2D eigenvalue weighted by atomic mass is 10.2. The molecule has 2 rings (SSSR count). The second-order valence-corrected chi connectivity index (χ2v) is 7.47. The normalized spacial score (nSPS) is 15.2. The minimum absolute atomic E-state index is 0.0768. The van der Waals surface area contributed by atoms with Gasteiger partial charge in [-0.05, 0) is 30.7 Å². The largest absolute Gasteiger partial charge is 0.490 e. The van der Waals surface area contributed by atoms with Gasteiger partial charge in [0, 0.05) is 20.6 Å². The van der Waals surface area contributed by atoms with E-state index < -0.39 is 0 Å². The Kier molecular flexibility index (Phi) is 7.44. The van der Waals surface area contributed by atoms with Crippen LogP contribution in [0.5, 0.6) is 11.5 Å². The third-order valence-corrected chi connectivity index (χ3v) is 4.98. The molecule has 2 amide bonds. The molecule has 0 bridgehead atoms. The molecule has 1 aliphatic heterocycles. The molecule has 8 heteroatoms. The van der Waals surface area contributed by atoms with Crippen LogP contribution in [0.2, 0.25) is 0 Å². The number of thioether (sulfide) groups is 1. The fourth-order valence-corrected chi connectivity index (χ4v) is 3.48. The molecule has 144 valence electrons. The zero-order chi connectivity index (χ0) is 20.0. The summed E-state index contributed by atoms with van der Waals surface area (Å²) in [6.45, 7) is 6.27. The fraction of sp³-hybridized carbons (Fsp3) is 0.316. The zero-order valence-electron chi connectivity index (χ0n) is 15.6. The minimum Gasteiger partial charge on any atom is -0.490 e. The maximum absolute atomic E-state index is 12.4. The highest BCUT2D eigenvalue weighted by molar-refractivity contribution is 8.26. The minimum atomic E-state index is -0.146. The van der Waals surface area contributed by atoms with Gasteiger partial charge in [0.05, 0.1) is 11.5 Å². The van der Waals surface area contributed by atoms with Crippen molar-refractivity contribution in [2.24, 2.45) is 0 Å². The molecule has 0 spiro atoms. The first kappa shape index (κ1) is 21.0.